The molecule has 0 radical (unpaired) electrons. The van der Waals surface area contributed by atoms with Crippen molar-refractivity contribution in [2.45, 2.75) is 13.1 Å². The van der Waals surface area contributed by atoms with Crippen LogP contribution in [-0.2, 0) is 13.1 Å². The Morgan fingerprint density at radius 1 is 1.15 bits per heavy atom. The third-order valence-electron chi connectivity index (χ3n) is 3.95. The van der Waals surface area contributed by atoms with Crippen LogP contribution in [0, 0.1) is 0 Å². The number of hydrogen-bond donors (Lipinski definition) is 2. The summed E-state index contributed by atoms with van der Waals surface area (Å²) in [6, 6.07) is 15.7. The van der Waals surface area contributed by atoms with Gasteiger partial charge >= 0.3 is 0 Å². The van der Waals surface area contributed by atoms with Gasteiger partial charge in [0.1, 0.15) is 0 Å². The van der Waals surface area contributed by atoms with Crippen LogP contribution in [0.4, 0.5) is 0 Å². The average Bonchev–Trinajstić information content (AvgIpc) is 3.41. The highest BCUT2D eigenvalue weighted by Gasteiger charge is 2.11. The van der Waals surface area contributed by atoms with Gasteiger partial charge in [-0.3, -0.25) is 14.6 Å². The predicted octanol–water partition coefficient (Wildman–Crippen LogP) is 3.31. The second-order valence-corrected chi connectivity index (χ2v) is 6.80. The van der Waals surface area contributed by atoms with Gasteiger partial charge in [0.05, 0.1) is 17.1 Å². The Balaban J connectivity index is 1.38. The van der Waals surface area contributed by atoms with Crippen LogP contribution in [-0.4, -0.2) is 25.9 Å². The minimum Gasteiger partial charge on any atom is -0.347 e. The summed E-state index contributed by atoms with van der Waals surface area (Å²) in [5, 5.41) is 16.1. The van der Waals surface area contributed by atoms with Crippen LogP contribution in [0.3, 0.4) is 0 Å². The van der Waals surface area contributed by atoms with E-state index in [0.29, 0.717) is 18.8 Å². The molecule has 26 heavy (non-hydrogen) atoms. The molecular weight excluding hydrogens is 346 g/mol. The van der Waals surface area contributed by atoms with Gasteiger partial charge in [-0.2, -0.15) is 10.2 Å². The number of carbonyl (C=O) groups is 1. The van der Waals surface area contributed by atoms with E-state index in [2.05, 4.69) is 26.7 Å². The SMILES string of the molecule is O=C(NCc1cccc(Cn2cccn2)c1)c1cc(-c2cccs2)[nH]n1. The largest absolute Gasteiger partial charge is 0.347 e. The summed E-state index contributed by atoms with van der Waals surface area (Å²) in [4.78, 5) is 13.4. The molecule has 2 N–H and O–H groups in total. The van der Waals surface area contributed by atoms with E-state index >= 15 is 0 Å². The van der Waals surface area contributed by atoms with E-state index in [1.54, 1.807) is 23.6 Å². The minimum absolute atomic E-state index is 0.193. The van der Waals surface area contributed by atoms with Crippen LogP contribution in [0.1, 0.15) is 21.6 Å². The molecule has 0 atom stereocenters. The fourth-order valence-corrected chi connectivity index (χ4v) is 3.38. The molecule has 0 saturated heterocycles. The number of amides is 1. The number of carbonyl (C=O) groups excluding carboxylic acids is 1. The van der Waals surface area contributed by atoms with Crippen molar-refractivity contribution >= 4 is 17.2 Å². The molecule has 0 fully saturated rings. The number of thiophene rings is 1. The Morgan fingerprint density at radius 3 is 2.88 bits per heavy atom. The molecule has 0 aliphatic rings. The van der Waals surface area contributed by atoms with Crippen LogP contribution < -0.4 is 5.32 Å². The van der Waals surface area contributed by atoms with Crippen LogP contribution in [0.15, 0.2) is 66.3 Å². The summed E-state index contributed by atoms with van der Waals surface area (Å²) in [6.07, 6.45) is 3.69. The molecular formula is C19H17N5OS. The molecule has 0 saturated carbocycles. The third-order valence-corrected chi connectivity index (χ3v) is 4.85. The Kier molecular flexibility index (Phi) is 4.61. The Bertz CT molecular complexity index is 989. The van der Waals surface area contributed by atoms with Crippen LogP contribution in [0.5, 0.6) is 0 Å². The zero-order valence-electron chi connectivity index (χ0n) is 13.9. The second kappa shape index (κ2) is 7.37. The number of benzene rings is 1. The number of aromatic nitrogens is 4. The maximum atomic E-state index is 12.3. The van der Waals surface area contributed by atoms with Crippen molar-refractivity contribution in [1.82, 2.24) is 25.3 Å². The number of nitrogens with zero attached hydrogens (tertiary/aromatic N) is 3. The first kappa shape index (κ1) is 16.3. The molecule has 1 aromatic carbocycles. The number of hydrogen-bond acceptors (Lipinski definition) is 4. The topological polar surface area (TPSA) is 75.6 Å². The van der Waals surface area contributed by atoms with Crippen molar-refractivity contribution in [1.29, 1.82) is 0 Å². The van der Waals surface area contributed by atoms with E-state index in [9.17, 15) is 4.79 Å². The number of aromatic amines is 1. The molecule has 0 bridgehead atoms. The molecule has 0 aliphatic heterocycles. The molecule has 0 unspecified atom stereocenters. The van der Waals surface area contributed by atoms with Gasteiger partial charge in [-0.25, -0.2) is 0 Å². The standard InChI is InChI=1S/C19H17N5OS/c25-19(17-11-16(22-23-17)18-6-2-9-26-18)20-12-14-4-1-5-15(10-14)13-24-8-3-7-21-24/h1-11H,12-13H2,(H,20,25)(H,22,23). The molecule has 3 aromatic heterocycles. The first-order valence-electron chi connectivity index (χ1n) is 8.21. The van der Waals surface area contributed by atoms with E-state index in [1.165, 1.54) is 0 Å². The molecule has 7 heteroatoms. The van der Waals surface area contributed by atoms with Gasteiger partial charge in [0.2, 0.25) is 0 Å². The summed E-state index contributed by atoms with van der Waals surface area (Å²) in [5.74, 6) is -0.193. The zero-order valence-corrected chi connectivity index (χ0v) is 14.7. The van der Waals surface area contributed by atoms with Crippen molar-refractivity contribution in [3.63, 3.8) is 0 Å². The van der Waals surface area contributed by atoms with Crippen molar-refractivity contribution in [3.05, 3.63) is 83.1 Å². The Labute approximate surface area is 154 Å². The fourth-order valence-electron chi connectivity index (χ4n) is 2.69. The highest BCUT2D eigenvalue weighted by Crippen LogP contribution is 2.22. The lowest BCUT2D eigenvalue weighted by atomic mass is 10.1. The summed E-state index contributed by atoms with van der Waals surface area (Å²) in [5.41, 5.74) is 3.42. The Hall–Kier alpha value is -3.19. The smallest absolute Gasteiger partial charge is 0.272 e. The number of H-pyrrole nitrogens is 1. The van der Waals surface area contributed by atoms with E-state index in [4.69, 9.17) is 0 Å². The lowest BCUT2D eigenvalue weighted by Crippen LogP contribution is -2.23. The molecule has 3 heterocycles. The molecule has 0 aliphatic carbocycles. The maximum absolute atomic E-state index is 12.3. The lowest BCUT2D eigenvalue weighted by Gasteiger charge is -2.07. The zero-order chi connectivity index (χ0) is 17.8. The average molecular weight is 363 g/mol. The number of rotatable bonds is 6. The van der Waals surface area contributed by atoms with Gasteiger partial charge < -0.3 is 5.32 Å². The van der Waals surface area contributed by atoms with Crippen molar-refractivity contribution in [2.24, 2.45) is 0 Å². The predicted molar refractivity (Wildman–Crippen MR) is 101 cm³/mol. The van der Waals surface area contributed by atoms with Gasteiger partial charge in [0.25, 0.3) is 5.91 Å². The minimum atomic E-state index is -0.193. The van der Waals surface area contributed by atoms with Gasteiger partial charge in [-0.15, -0.1) is 11.3 Å². The molecule has 0 spiro atoms. The highest BCUT2D eigenvalue weighted by molar-refractivity contribution is 7.13. The molecule has 6 nitrogen and oxygen atoms in total. The second-order valence-electron chi connectivity index (χ2n) is 5.85. The first-order chi connectivity index (χ1) is 12.8. The van der Waals surface area contributed by atoms with Gasteiger partial charge in [0.15, 0.2) is 5.69 Å². The van der Waals surface area contributed by atoms with Gasteiger partial charge in [-0.1, -0.05) is 30.3 Å². The molecule has 1 amide bonds. The van der Waals surface area contributed by atoms with E-state index in [1.807, 2.05) is 52.7 Å². The molecule has 130 valence electrons. The van der Waals surface area contributed by atoms with Crippen LogP contribution in [0.2, 0.25) is 0 Å². The van der Waals surface area contributed by atoms with Crippen LogP contribution >= 0.6 is 11.3 Å². The summed E-state index contributed by atoms with van der Waals surface area (Å²) in [7, 11) is 0. The van der Waals surface area contributed by atoms with Gasteiger partial charge in [-0.05, 0) is 34.7 Å². The van der Waals surface area contributed by atoms with E-state index in [-0.39, 0.29) is 5.91 Å². The summed E-state index contributed by atoms with van der Waals surface area (Å²) < 4.78 is 1.87. The fraction of sp³-hybridized carbons (Fsp3) is 0.105. The van der Waals surface area contributed by atoms with Crippen LogP contribution in [0.25, 0.3) is 10.6 Å². The van der Waals surface area contributed by atoms with Gasteiger partial charge in [0, 0.05) is 18.9 Å². The van der Waals surface area contributed by atoms with E-state index in [0.717, 1.165) is 21.7 Å². The first-order valence-corrected chi connectivity index (χ1v) is 9.08. The summed E-state index contributed by atoms with van der Waals surface area (Å²) >= 11 is 1.60. The highest BCUT2D eigenvalue weighted by atomic mass is 32.1. The quantitative estimate of drug-likeness (QED) is 0.552. The van der Waals surface area contributed by atoms with E-state index < -0.39 is 0 Å². The lowest BCUT2D eigenvalue weighted by molar-refractivity contribution is 0.0946. The summed E-state index contributed by atoms with van der Waals surface area (Å²) in [6.45, 7) is 1.16. The van der Waals surface area contributed by atoms with Crippen molar-refractivity contribution in [3.8, 4) is 10.6 Å². The monoisotopic (exact) mass is 363 g/mol. The van der Waals surface area contributed by atoms with Crippen molar-refractivity contribution < 1.29 is 4.79 Å². The molecule has 4 rings (SSSR count). The molecule has 4 aromatic rings. The third kappa shape index (κ3) is 3.73. The number of nitrogens with one attached hydrogen (secondary N) is 2. The maximum Gasteiger partial charge on any atom is 0.272 e. The normalized spacial score (nSPS) is 10.8. The van der Waals surface area contributed by atoms with Crippen molar-refractivity contribution in [2.75, 3.05) is 0 Å². The Morgan fingerprint density at radius 2 is 2.08 bits per heavy atom.